The van der Waals surface area contributed by atoms with Crippen LogP contribution in [0.1, 0.15) is 33.0 Å². The summed E-state index contributed by atoms with van der Waals surface area (Å²) in [7, 11) is 3.15. The predicted molar refractivity (Wildman–Crippen MR) is 133 cm³/mol. The van der Waals surface area contributed by atoms with Crippen LogP contribution in [0.3, 0.4) is 0 Å². The van der Waals surface area contributed by atoms with Gasteiger partial charge in [-0.25, -0.2) is 9.97 Å². The van der Waals surface area contributed by atoms with E-state index in [4.69, 9.17) is 26.1 Å². The molecule has 0 spiro atoms. The highest BCUT2D eigenvalue weighted by molar-refractivity contribution is 6.31. The third-order valence-electron chi connectivity index (χ3n) is 6.09. The van der Waals surface area contributed by atoms with E-state index >= 15 is 0 Å². The summed E-state index contributed by atoms with van der Waals surface area (Å²) in [6.07, 6.45) is 0.657. The number of rotatable bonds is 6. The SMILES string of the molecule is COc1cc(OC)cc(C(=O)N2CCN(c3nc(C)nc(C)c3Cc3ccccc3Cl)CC2)c1. The lowest BCUT2D eigenvalue weighted by Gasteiger charge is -2.36. The number of benzene rings is 2. The fraction of sp³-hybridized carbons (Fsp3) is 0.346. The molecule has 3 aromatic rings. The fourth-order valence-corrected chi connectivity index (χ4v) is 4.46. The number of aromatic nitrogens is 2. The van der Waals surface area contributed by atoms with E-state index in [0.717, 1.165) is 33.5 Å². The molecular weight excluding hydrogens is 452 g/mol. The maximum atomic E-state index is 13.2. The van der Waals surface area contributed by atoms with Crippen molar-refractivity contribution in [2.45, 2.75) is 20.3 Å². The lowest BCUT2D eigenvalue weighted by atomic mass is 10.0. The minimum absolute atomic E-state index is 0.0387. The van der Waals surface area contributed by atoms with E-state index < -0.39 is 0 Å². The molecule has 0 unspecified atom stereocenters. The Morgan fingerprint density at radius 1 is 0.971 bits per heavy atom. The molecule has 178 valence electrons. The summed E-state index contributed by atoms with van der Waals surface area (Å²) in [5.74, 6) is 2.80. The van der Waals surface area contributed by atoms with Crippen molar-refractivity contribution in [1.82, 2.24) is 14.9 Å². The van der Waals surface area contributed by atoms with Gasteiger partial charge in [0, 0.05) is 60.5 Å². The monoisotopic (exact) mass is 480 g/mol. The minimum atomic E-state index is -0.0387. The van der Waals surface area contributed by atoms with Gasteiger partial charge in [-0.1, -0.05) is 29.8 Å². The van der Waals surface area contributed by atoms with E-state index in [0.29, 0.717) is 49.7 Å². The van der Waals surface area contributed by atoms with Crippen LogP contribution >= 0.6 is 11.6 Å². The molecule has 2 heterocycles. The van der Waals surface area contributed by atoms with Gasteiger partial charge in [-0.05, 0) is 37.6 Å². The van der Waals surface area contributed by atoms with Crippen molar-refractivity contribution in [3.63, 3.8) is 0 Å². The maximum Gasteiger partial charge on any atom is 0.254 e. The molecule has 1 aliphatic heterocycles. The first kappa shape index (κ1) is 23.8. The zero-order valence-electron chi connectivity index (χ0n) is 20.0. The van der Waals surface area contributed by atoms with E-state index in [1.807, 2.05) is 43.0 Å². The van der Waals surface area contributed by atoms with Gasteiger partial charge in [0.25, 0.3) is 5.91 Å². The molecule has 0 saturated carbocycles. The van der Waals surface area contributed by atoms with E-state index in [1.165, 1.54) is 0 Å². The average molecular weight is 481 g/mol. The quantitative estimate of drug-likeness (QED) is 0.523. The number of ether oxygens (including phenoxy) is 2. The van der Waals surface area contributed by atoms with Crippen molar-refractivity contribution in [1.29, 1.82) is 0 Å². The summed E-state index contributed by atoms with van der Waals surface area (Å²) < 4.78 is 10.6. The molecule has 0 radical (unpaired) electrons. The van der Waals surface area contributed by atoms with Crippen LogP contribution in [-0.4, -0.2) is 61.2 Å². The molecule has 1 saturated heterocycles. The zero-order valence-corrected chi connectivity index (χ0v) is 20.7. The molecule has 34 heavy (non-hydrogen) atoms. The Balaban J connectivity index is 1.53. The molecule has 1 fully saturated rings. The van der Waals surface area contributed by atoms with Gasteiger partial charge in [0.05, 0.1) is 14.2 Å². The van der Waals surface area contributed by atoms with Gasteiger partial charge in [0.1, 0.15) is 23.1 Å². The fourth-order valence-electron chi connectivity index (χ4n) is 4.25. The van der Waals surface area contributed by atoms with Crippen LogP contribution in [0.4, 0.5) is 5.82 Å². The number of aryl methyl sites for hydroxylation is 2. The Hall–Kier alpha value is -3.32. The molecule has 8 heteroatoms. The first-order chi connectivity index (χ1) is 16.4. The number of nitrogens with zero attached hydrogens (tertiary/aromatic N) is 4. The lowest BCUT2D eigenvalue weighted by molar-refractivity contribution is 0.0745. The van der Waals surface area contributed by atoms with Crippen molar-refractivity contribution in [2.24, 2.45) is 0 Å². The summed E-state index contributed by atoms with van der Waals surface area (Å²) in [5.41, 5.74) is 3.61. The largest absolute Gasteiger partial charge is 0.497 e. The second kappa shape index (κ2) is 10.3. The zero-order chi connectivity index (χ0) is 24.2. The third-order valence-corrected chi connectivity index (χ3v) is 6.46. The molecular formula is C26H29ClN4O3. The van der Waals surface area contributed by atoms with Gasteiger partial charge in [0.15, 0.2) is 0 Å². The summed E-state index contributed by atoms with van der Waals surface area (Å²) in [6, 6.07) is 13.1. The minimum Gasteiger partial charge on any atom is -0.497 e. The number of hydrogen-bond acceptors (Lipinski definition) is 6. The van der Waals surface area contributed by atoms with Crippen LogP contribution in [0.2, 0.25) is 5.02 Å². The number of piperazine rings is 1. The number of anilines is 1. The summed E-state index contributed by atoms with van der Waals surface area (Å²) in [5, 5.41) is 0.734. The van der Waals surface area contributed by atoms with Gasteiger partial charge in [0.2, 0.25) is 0 Å². The molecule has 0 N–H and O–H groups in total. The number of methoxy groups -OCH3 is 2. The number of halogens is 1. The smallest absolute Gasteiger partial charge is 0.254 e. The molecule has 7 nitrogen and oxygen atoms in total. The number of amides is 1. The number of hydrogen-bond donors (Lipinski definition) is 0. The molecule has 2 aromatic carbocycles. The highest BCUT2D eigenvalue weighted by Gasteiger charge is 2.26. The summed E-state index contributed by atoms with van der Waals surface area (Å²) in [6.45, 7) is 6.46. The lowest BCUT2D eigenvalue weighted by Crippen LogP contribution is -2.49. The van der Waals surface area contributed by atoms with Crippen LogP contribution in [0.5, 0.6) is 11.5 Å². The van der Waals surface area contributed by atoms with E-state index in [1.54, 1.807) is 32.4 Å². The van der Waals surface area contributed by atoms with Crippen LogP contribution in [0, 0.1) is 13.8 Å². The summed E-state index contributed by atoms with van der Waals surface area (Å²) >= 11 is 6.43. The van der Waals surface area contributed by atoms with E-state index in [9.17, 15) is 4.79 Å². The molecule has 4 rings (SSSR count). The second-order valence-electron chi connectivity index (χ2n) is 8.31. The van der Waals surface area contributed by atoms with Crippen molar-refractivity contribution in [3.05, 3.63) is 75.7 Å². The standard InChI is InChI=1S/C26H29ClN4O3/c1-17-23(15-19-7-5-6-8-24(19)27)25(29-18(2)28-17)30-9-11-31(12-10-30)26(32)20-13-21(33-3)16-22(14-20)34-4/h5-8,13-14,16H,9-12,15H2,1-4H3. The van der Waals surface area contributed by atoms with E-state index in [-0.39, 0.29) is 5.91 Å². The van der Waals surface area contributed by atoms with Crippen LogP contribution in [0.25, 0.3) is 0 Å². The Labute approximate surface area is 205 Å². The van der Waals surface area contributed by atoms with Crippen molar-refractivity contribution >= 4 is 23.3 Å². The first-order valence-electron chi connectivity index (χ1n) is 11.2. The Bertz CT molecular complexity index is 1170. The van der Waals surface area contributed by atoms with Gasteiger partial charge in [-0.15, -0.1) is 0 Å². The summed E-state index contributed by atoms with van der Waals surface area (Å²) in [4.78, 5) is 26.7. The maximum absolute atomic E-state index is 13.2. The highest BCUT2D eigenvalue weighted by atomic mass is 35.5. The van der Waals surface area contributed by atoms with Crippen molar-refractivity contribution in [2.75, 3.05) is 45.3 Å². The third kappa shape index (κ3) is 5.09. The second-order valence-corrected chi connectivity index (χ2v) is 8.71. The molecule has 1 aromatic heterocycles. The molecule has 0 bridgehead atoms. The Morgan fingerprint density at radius 2 is 1.62 bits per heavy atom. The van der Waals surface area contributed by atoms with Crippen molar-refractivity contribution in [3.8, 4) is 11.5 Å². The highest BCUT2D eigenvalue weighted by Crippen LogP contribution is 2.28. The van der Waals surface area contributed by atoms with Crippen LogP contribution in [0.15, 0.2) is 42.5 Å². The average Bonchev–Trinajstić information content (AvgIpc) is 2.86. The van der Waals surface area contributed by atoms with Gasteiger partial charge in [-0.2, -0.15) is 0 Å². The molecule has 0 aliphatic carbocycles. The van der Waals surface area contributed by atoms with Crippen molar-refractivity contribution < 1.29 is 14.3 Å². The number of carbonyl (C=O) groups is 1. The van der Waals surface area contributed by atoms with Crippen LogP contribution in [-0.2, 0) is 6.42 Å². The first-order valence-corrected chi connectivity index (χ1v) is 11.6. The van der Waals surface area contributed by atoms with Crippen LogP contribution < -0.4 is 14.4 Å². The van der Waals surface area contributed by atoms with Gasteiger partial charge in [-0.3, -0.25) is 4.79 Å². The van der Waals surface area contributed by atoms with Gasteiger partial charge < -0.3 is 19.3 Å². The number of carbonyl (C=O) groups excluding carboxylic acids is 1. The Kier molecular flexibility index (Phi) is 7.22. The molecule has 0 atom stereocenters. The molecule has 1 aliphatic rings. The predicted octanol–water partition coefficient (Wildman–Crippen LogP) is 4.32. The topological polar surface area (TPSA) is 67.8 Å². The van der Waals surface area contributed by atoms with E-state index in [2.05, 4.69) is 9.88 Å². The normalized spacial score (nSPS) is 13.7. The van der Waals surface area contributed by atoms with Gasteiger partial charge >= 0.3 is 0 Å². The molecule has 1 amide bonds. The Morgan fingerprint density at radius 3 is 2.24 bits per heavy atom.